The Hall–Kier alpha value is -2.89. The first-order chi connectivity index (χ1) is 10.2. The van der Waals surface area contributed by atoms with Crippen LogP contribution in [-0.4, -0.2) is 22.1 Å². The summed E-state index contributed by atoms with van der Waals surface area (Å²) in [6.07, 6.45) is 1.34. The van der Waals surface area contributed by atoms with E-state index in [9.17, 15) is 0 Å². The minimum Gasteiger partial charge on any atom is -0.479 e. The Labute approximate surface area is 121 Å². The standard InChI is InChI=1S/C15H14N4O2/c1-9-6-7-10-4-3-5-11(13(10)19-9)21-15-12(16)14(20-2)17-8-18-15/h3-8H,16H2,1-2H3. The predicted octanol–water partition coefficient (Wildman–Crippen LogP) is 2.72. The van der Waals surface area contributed by atoms with Crippen LogP contribution in [0.4, 0.5) is 5.69 Å². The molecule has 6 nitrogen and oxygen atoms in total. The molecule has 21 heavy (non-hydrogen) atoms. The van der Waals surface area contributed by atoms with Gasteiger partial charge in [-0.05, 0) is 19.1 Å². The predicted molar refractivity (Wildman–Crippen MR) is 79.6 cm³/mol. The first-order valence-corrected chi connectivity index (χ1v) is 6.37. The lowest BCUT2D eigenvalue weighted by Gasteiger charge is -2.10. The number of methoxy groups -OCH3 is 1. The van der Waals surface area contributed by atoms with E-state index in [-0.39, 0.29) is 17.4 Å². The molecule has 0 radical (unpaired) electrons. The fourth-order valence-electron chi connectivity index (χ4n) is 2.01. The number of nitrogens with two attached hydrogens (primary N) is 1. The molecule has 0 fully saturated rings. The van der Waals surface area contributed by atoms with Crippen LogP contribution in [0.1, 0.15) is 5.69 Å². The van der Waals surface area contributed by atoms with Gasteiger partial charge in [0.2, 0.25) is 11.8 Å². The summed E-state index contributed by atoms with van der Waals surface area (Å²) in [7, 11) is 1.49. The van der Waals surface area contributed by atoms with Gasteiger partial charge in [0.25, 0.3) is 0 Å². The fraction of sp³-hybridized carbons (Fsp3) is 0.133. The van der Waals surface area contributed by atoms with Crippen molar-refractivity contribution in [1.82, 2.24) is 15.0 Å². The molecule has 2 heterocycles. The number of hydrogen-bond acceptors (Lipinski definition) is 6. The number of aromatic nitrogens is 3. The van der Waals surface area contributed by atoms with Gasteiger partial charge in [-0.1, -0.05) is 18.2 Å². The lowest BCUT2D eigenvalue weighted by atomic mass is 10.2. The van der Waals surface area contributed by atoms with Gasteiger partial charge >= 0.3 is 0 Å². The number of benzene rings is 1. The summed E-state index contributed by atoms with van der Waals surface area (Å²) in [5, 5.41) is 0.984. The minimum absolute atomic E-state index is 0.248. The molecular weight excluding hydrogens is 268 g/mol. The Morgan fingerprint density at radius 1 is 1.05 bits per heavy atom. The first-order valence-electron chi connectivity index (χ1n) is 6.37. The lowest BCUT2D eigenvalue weighted by molar-refractivity contribution is 0.392. The van der Waals surface area contributed by atoms with Gasteiger partial charge in [-0.15, -0.1) is 0 Å². The molecule has 0 saturated heterocycles. The average Bonchev–Trinajstić information content (AvgIpc) is 2.50. The molecule has 0 unspecified atom stereocenters. The summed E-state index contributed by atoms with van der Waals surface area (Å²) in [5.74, 6) is 1.12. The van der Waals surface area contributed by atoms with E-state index < -0.39 is 0 Å². The topological polar surface area (TPSA) is 83.2 Å². The van der Waals surface area contributed by atoms with Gasteiger partial charge in [-0.25, -0.2) is 4.98 Å². The molecule has 2 aromatic heterocycles. The minimum atomic E-state index is 0.248. The van der Waals surface area contributed by atoms with Crippen LogP contribution in [0.3, 0.4) is 0 Å². The monoisotopic (exact) mass is 282 g/mol. The normalized spacial score (nSPS) is 10.6. The second-order valence-corrected chi connectivity index (χ2v) is 4.48. The smallest absolute Gasteiger partial charge is 0.249 e. The molecule has 0 amide bonds. The molecule has 0 aliphatic carbocycles. The van der Waals surface area contributed by atoms with Crippen molar-refractivity contribution in [2.45, 2.75) is 6.92 Å². The summed E-state index contributed by atoms with van der Waals surface area (Å²) < 4.78 is 10.9. The maximum Gasteiger partial charge on any atom is 0.249 e. The molecule has 0 atom stereocenters. The number of aryl methyl sites for hydroxylation is 1. The van der Waals surface area contributed by atoms with Crippen LogP contribution in [0.15, 0.2) is 36.7 Å². The van der Waals surface area contributed by atoms with Crippen molar-refractivity contribution < 1.29 is 9.47 Å². The van der Waals surface area contributed by atoms with E-state index in [2.05, 4.69) is 15.0 Å². The summed E-state index contributed by atoms with van der Waals surface area (Å²) >= 11 is 0. The third kappa shape index (κ3) is 2.43. The highest BCUT2D eigenvalue weighted by atomic mass is 16.5. The zero-order chi connectivity index (χ0) is 14.8. The average molecular weight is 282 g/mol. The van der Waals surface area contributed by atoms with Crippen LogP contribution < -0.4 is 15.2 Å². The van der Waals surface area contributed by atoms with Crippen LogP contribution in [0.5, 0.6) is 17.5 Å². The molecule has 3 aromatic rings. The summed E-state index contributed by atoms with van der Waals surface area (Å²) in [5.41, 5.74) is 7.84. The van der Waals surface area contributed by atoms with E-state index in [1.54, 1.807) is 0 Å². The van der Waals surface area contributed by atoms with Crippen LogP contribution in [0.25, 0.3) is 10.9 Å². The van der Waals surface area contributed by atoms with Crippen LogP contribution in [-0.2, 0) is 0 Å². The zero-order valence-electron chi connectivity index (χ0n) is 11.7. The highest BCUT2D eigenvalue weighted by Gasteiger charge is 2.12. The Bertz CT molecular complexity index is 805. The van der Waals surface area contributed by atoms with E-state index in [1.165, 1.54) is 13.4 Å². The van der Waals surface area contributed by atoms with Crippen molar-refractivity contribution in [3.05, 3.63) is 42.4 Å². The highest BCUT2D eigenvalue weighted by Crippen LogP contribution is 2.33. The number of nitrogens with zero attached hydrogens (tertiary/aromatic N) is 3. The second kappa shape index (κ2) is 5.24. The molecule has 0 bridgehead atoms. The number of para-hydroxylation sites is 1. The van der Waals surface area contributed by atoms with Gasteiger partial charge in [0.05, 0.1) is 7.11 Å². The largest absolute Gasteiger partial charge is 0.479 e. The SMILES string of the molecule is COc1ncnc(Oc2cccc3ccc(C)nc23)c1N. The fourth-order valence-corrected chi connectivity index (χ4v) is 2.01. The number of rotatable bonds is 3. The molecule has 0 spiro atoms. The van der Waals surface area contributed by atoms with Crippen LogP contribution in [0.2, 0.25) is 0 Å². The van der Waals surface area contributed by atoms with Crippen LogP contribution >= 0.6 is 0 Å². The molecular formula is C15H14N4O2. The van der Waals surface area contributed by atoms with Gasteiger partial charge in [0.15, 0.2) is 11.4 Å². The molecule has 3 rings (SSSR count). The third-order valence-corrected chi connectivity index (χ3v) is 3.03. The van der Waals surface area contributed by atoms with Gasteiger partial charge in [0.1, 0.15) is 11.8 Å². The van der Waals surface area contributed by atoms with E-state index in [1.807, 2.05) is 37.3 Å². The molecule has 106 valence electrons. The molecule has 6 heteroatoms. The summed E-state index contributed by atoms with van der Waals surface area (Å²) in [6.45, 7) is 1.93. The Kier molecular flexibility index (Phi) is 3.27. The van der Waals surface area contributed by atoms with Crippen molar-refractivity contribution in [2.24, 2.45) is 0 Å². The Morgan fingerprint density at radius 3 is 2.67 bits per heavy atom. The number of hydrogen-bond donors (Lipinski definition) is 1. The van der Waals surface area contributed by atoms with Gasteiger partial charge in [-0.3, -0.25) is 0 Å². The third-order valence-electron chi connectivity index (χ3n) is 3.03. The highest BCUT2D eigenvalue weighted by molar-refractivity contribution is 5.85. The molecule has 1 aromatic carbocycles. The molecule has 2 N–H and O–H groups in total. The quantitative estimate of drug-likeness (QED) is 0.795. The maximum absolute atomic E-state index is 5.92. The number of anilines is 1. The van der Waals surface area contributed by atoms with Gasteiger partial charge in [0, 0.05) is 11.1 Å². The summed E-state index contributed by atoms with van der Waals surface area (Å²) in [4.78, 5) is 12.5. The van der Waals surface area contributed by atoms with E-state index in [0.717, 1.165) is 16.6 Å². The molecule has 0 aliphatic rings. The van der Waals surface area contributed by atoms with E-state index in [0.29, 0.717) is 5.75 Å². The second-order valence-electron chi connectivity index (χ2n) is 4.48. The van der Waals surface area contributed by atoms with E-state index >= 15 is 0 Å². The first kappa shape index (κ1) is 13.1. The zero-order valence-corrected chi connectivity index (χ0v) is 11.7. The van der Waals surface area contributed by atoms with Crippen LogP contribution in [0, 0.1) is 6.92 Å². The number of fused-ring (bicyclic) bond motifs is 1. The summed E-state index contributed by atoms with van der Waals surface area (Å²) in [6, 6.07) is 9.63. The van der Waals surface area contributed by atoms with Crippen molar-refractivity contribution >= 4 is 16.6 Å². The number of pyridine rings is 1. The van der Waals surface area contributed by atoms with Gasteiger partial charge in [-0.2, -0.15) is 9.97 Å². The number of nitrogen functional groups attached to an aromatic ring is 1. The van der Waals surface area contributed by atoms with Crippen molar-refractivity contribution in [1.29, 1.82) is 0 Å². The lowest BCUT2D eigenvalue weighted by Crippen LogP contribution is -2.01. The van der Waals surface area contributed by atoms with Crippen molar-refractivity contribution in [2.75, 3.05) is 12.8 Å². The Balaban J connectivity index is 2.08. The Morgan fingerprint density at radius 2 is 1.86 bits per heavy atom. The molecule has 0 aliphatic heterocycles. The van der Waals surface area contributed by atoms with Crippen molar-refractivity contribution in [3.8, 4) is 17.5 Å². The molecule has 0 saturated carbocycles. The van der Waals surface area contributed by atoms with Crippen molar-refractivity contribution in [3.63, 3.8) is 0 Å². The van der Waals surface area contributed by atoms with E-state index in [4.69, 9.17) is 15.2 Å². The maximum atomic E-state index is 5.92. The number of ether oxygens (including phenoxy) is 2. The van der Waals surface area contributed by atoms with Gasteiger partial charge < -0.3 is 15.2 Å².